The van der Waals surface area contributed by atoms with E-state index in [4.69, 9.17) is 5.73 Å². The highest BCUT2D eigenvalue weighted by Crippen LogP contribution is 2.16. The number of anilines is 2. The van der Waals surface area contributed by atoms with Crippen molar-refractivity contribution < 1.29 is 0 Å². The van der Waals surface area contributed by atoms with Gasteiger partial charge in [0.15, 0.2) is 0 Å². The Bertz CT molecular complexity index is 321. The van der Waals surface area contributed by atoms with E-state index < -0.39 is 0 Å². The van der Waals surface area contributed by atoms with Crippen LogP contribution in [0.25, 0.3) is 0 Å². The number of aryl methyl sites for hydroxylation is 1. The Morgan fingerprint density at radius 2 is 2.07 bits per heavy atom. The Morgan fingerprint density at radius 3 is 2.60 bits per heavy atom. The Balaban J connectivity index is 2.60. The summed E-state index contributed by atoms with van der Waals surface area (Å²) in [4.78, 5) is 4.30. The molecule has 0 bridgehead atoms. The van der Waals surface area contributed by atoms with Gasteiger partial charge in [0.25, 0.3) is 0 Å². The summed E-state index contributed by atoms with van der Waals surface area (Å²) in [5, 5.41) is 3.35. The number of nitrogens with two attached hydrogens (primary N) is 1. The van der Waals surface area contributed by atoms with Gasteiger partial charge in [0.2, 0.25) is 0 Å². The highest BCUT2D eigenvalue weighted by Gasteiger charge is 2.06. The van der Waals surface area contributed by atoms with E-state index in [1.807, 2.05) is 13.0 Å². The Hall–Kier alpha value is -1.25. The molecule has 3 N–H and O–H groups in total. The van der Waals surface area contributed by atoms with Gasteiger partial charge in [-0.3, -0.25) is 0 Å². The van der Waals surface area contributed by atoms with Gasteiger partial charge in [-0.05, 0) is 31.7 Å². The average Bonchev–Trinajstić information content (AvgIpc) is 2.10. The van der Waals surface area contributed by atoms with Crippen LogP contribution in [0, 0.1) is 12.8 Å². The van der Waals surface area contributed by atoms with Crippen molar-refractivity contribution in [3.63, 3.8) is 0 Å². The van der Waals surface area contributed by atoms with Gasteiger partial charge < -0.3 is 11.1 Å². The molecule has 84 valence electrons. The standard InChI is InChI=1S/C12H21N3/c1-8(2)5-10(4)15-12-6-11(13)9(3)7-14-12/h6-8,10H,5H2,1-4H3,(H3,13,14,15). The van der Waals surface area contributed by atoms with Crippen molar-refractivity contribution in [3.8, 4) is 0 Å². The molecule has 0 saturated carbocycles. The van der Waals surface area contributed by atoms with Gasteiger partial charge in [-0.15, -0.1) is 0 Å². The second-order valence-electron chi connectivity index (χ2n) is 4.60. The third-order valence-electron chi connectivity index (χ3n) is 2.36. The molecule has 0 aliphatic rings. The fraction of sp³-hybridized carbons (Fsp3) is 0.583. The smallest absolute Gasteiger partial charge is 0.128 e. The van der Waals surface area contributed by atoms with Crippen LogP contribution in [0.15, 0.2) is 12.3 Å². The molecule has 1 aromatic heterocycles. The minimum Gasteiger partial charge on any atom is -0.398 e. The summed E-state index contributed by atoms with van der Waals surface area (Å²) in [5.41, 5.74) is 7.64. The number of pyridine rings is 1. The lowest BCUT2D eigenvalue weighted by atomic mass is 10.1. The molecule has 1 atom stereocenters. The van der Waals surface area contributed by atoms with E-state index in [0.29, 0.717) is 12.0 Å². The lowest BCUT2D eigenvalue weighted by Gasteiger charge is -2.16. The zero-order chi connectivity index (χ0) is 11.4. The number of rotatable bonds is 4. The largest absolute Gasteiger partial charge is 0.398 e. The number of nitrogens with one attached hydrogen (secondary N) is 1. The zero-order valence-corrected chi connectivity index (χ0v) is 10.0. The van der Waals surface area contributed by atoms with Crippen molar-refractivity contribution in [2.24, 2.45) is 5.92 Å². The van der Waals surface area contributed by atoms with E-state index in [9.17, 15) is 0 Å². The van der Waals surface area contributed by atoms with Crippen molar-refractivity contribution in [2.75, 3.05) is 11.1 Å². The summed E-state index contributed by atoms with van der Waals surface area (Å²) in [6.45, 7) is 8.56. The molecular weight excluding hydrogens is 186 g/mol. The Morgan fingerprint density at radius 1 is 1.40 bits per heavy atom. The van der Waals surface area contributed by atoms with E-state index in [0.717, 1.165) is 23.5 Å². The molecule has 15 heavy (non-hydrogen) atoms. The van der Waals surface area contributed by atoms with Gasteiger partial charge in [-0.1, -0.05) is 13.8 Å². The molecule has 1 aromatic rings. The van der Waals surface area contributed by atoms with E-state index in [-0.39, 0.29) is 0 Å². The molecule has 0 aromatic carbocycles. The van der Waals surface area contributed by atoms with Gasteiger partial charge in [-0.25, -0.2) is 4.98 Å². The Kier molecular flexibility index (Phi) is 3.95. The fourth-order valence-electron chi connectivity index (χ4n) is 1.64. The second kappa shape index (κ2) is 5.01. The molecule has 0 radical (unpaired) electrons. The summed E-state index contributed by atoms with van der Waals surface area (Å²) in [6.07, 6.45) is 2.94. The molecule has 1 unspecified atom stereocenters. The quantitative estimate of drug-likeness (QED) is 0.798. The maximum absolute atomic E-state index is 5.82. The first kappa shape index (κ1) is 11.8. The SMILES string of the molecule is Cc1cnc(NC(C)CC(C)C)cc1N. The first-order chi connectivity index (χ1) is 6.99. The highest BCUT2D eigenvalue weighted by molar-refractivity contribution is 5.53. The molecule has 0 saturated heterocycles. The third kappa shape index (κ3) is 3.78. The van der Waals surface area contributed by atoms with Crippen LogP contribution >= 0.6 is 0 Å². The van der Waals surface area contributed by atoms with Crippen LogP contribution < -0.4 is 11.1 Å². The molecule has 0 aliphatic carbocycles. The minimum absolute atomic E-state index is 0.430. The van der Waals surface area contributed by atoms with Gasteiger partial charge in [-0.2, -0.15) is 0 Å². The van der Waals surface area contributed by atoms with Crippen molar-refractivity contribution in [2.45, 2.75) is 40.2 Å². The topological polar surface area (TPSA) is 50.9 Å². The van der Waals surface area contributed by atoms with Crippen molar-refractivity contribution in [1.82, 2.24) is 4.98 Å². The van der Waals surface area contributed by atoms with Crippen LogP contribution in [-0.4, -0.2) is 11.0 Å². The summed E-state index contributed by atoms with van der Waals surface area (Å²) in [7, 11) is 0. The minimum atomic E-state index is 0.430. The molecule has 3 heteroatoms. The normalized spacial score (nSPS) is 12.9. The van der Waals surface area contributed by atoms with Crippen molar-refractivity contribution >= 4 is 11.5 Å². The van der Waals surface area contributed by atoms with Crippen LogP contribution in [0.2, 0.25) is 0 Å². The van der Waals surface area contributed by atoms with Crippen LogP contribution in [0.3, 0.4) is 0 Å². The molecule has 0 amide bonds. The van der Waals surface area contributed by atoms with Gasteiger partial charge in [0.05, 0.1) is 0 Å². The summed E-state index contributed by atoms with van der Waals surface area (Å²) in [5.74, 6) is 1.56. The number of aromatic nitrogens is 1. The van der Waals surface area contributed by atoms with E-state index in [2.05, 4.69) is 31.1 Å². The van der Waals surface area contributed by atoms with E-state index >= 15 is 0 Å². The van der Waals surface area contributed by atoms with Gasteiger partial charge in [0.1, 0.15) is 5.82 Å². The maximum Gasteiger partial charge on any atom is 0.128 e. The van der Waals surface area contributed by atoms with Crippen LogP contribution in [0.4, 0.5) is 11.5 Å². The molecular formula is C12H21N3. The van der Waals surface area contributed by atoms with E-state index in [1.165, 1.54) is 0 Å². The second-order valence-corrected chi connectivity index (χ2v) is 4.60. The molecule has 0 aliphatic heterocycles. The summed E-state index contributed by atoms with van der Waals surface area (Å²) >= 11 is 0. The van der Waals surface area contributed by atoms with Crippen molar-refractivity contribution in [3.05, 3.63) is 17.8 Å². The van der Waals surface area contributed by atoms with Gasteiger partial charge >= 0.3 is 0 Å². The molecule has 1 heterocycles. The Labute approximate surface area is 92.1 Å². The first-order valence-electron chi connectivity index (χ1n) is 5.47. The number of nitrogens with zero attached hydrogens (tertiary/aromatic N) is 1. The van der Waals surface area contributed by atoms with Gasteiger partial charge in [0, 0.05) is 24.0 Å². The summed E-state index contributed by atoms with van der Waals surface area (Å²) in [6, 6.07) is 2.33. The average molecular weight is 207 g/mol. The maximum atomic E-state index is 5.82. The molecule has 3 nitrogen and oxygen atoms in total. The predicted molar refractivity (Wildman–Crippen MR) is 65.9 cm³/mol. The van der Waals surface area contributed by atoms with Crippen molar-refractivity contribution in [1.29, 1.82) is 0 Å². The van der Waals surface area contributed by atoms with Crippen LogP contribution in [-0.2, 0) is 0 Å². The van der Waals surface area contributed by atoms with Crippen LogP contribution in [0.1, 0.15) is 32.8 Å². The highest BCUT2D eigenvalue weighted by atomic mass is 15.0. The van der Waals surface area contributed by atoms with E-state index in [1.54, 1.807) is 6.20 Å². The lowest BCUT2D eigenvalue weighted by Crippen LogP contribution is -2.18. The lowest BCUT2D eigenvalue weighted by molar-refractivity contribution is 0.539. The predicted octanol–water partition coefficient (Wildman–Crippen LogP) is 2.82. The fourth-order valence-corrected chi connectivity index (χ4v) is 1.64. The number of hydrogen-bond donors (Lipinski definition) is 2. The molecule has 0 fully saturated rings. The number of hydrogen-bond acceptors (Lipinski definition) is 3. The number of nitrogen functional groups attached to an aromatic ring is 1. The zero-order valence-electron chi connectivity index (χ0n) is 10.0. The molecule has 1 rings (SSSR count). The molecule has 0 spiro atoms. The monoisotopic (exact) mass is 207 g/mol. The summed E-state index contributed by atoms with van der Waals surface area (Å²) < 4.78 is 0. The first-order valence-corrected chi connectivity index (χ1v) is 5.47. The van der Waals surface area contributed by atoms with Crippen LogP contribution in [0.5, 0.6) is 0 Å². The third-order valence-corrected chi connectivity index (χ3v) is 2.36.